The van der Waals surface area contributed by atoms with E-state index in [1.165, 1.54) is 25.3 Å². The predicted octanol–water partition coefficient (Wildman–Crippen LogP) is 5.37. The predicted molar refractivity (Wildman–Crippen MR) is 127 cm³/mol. The monoisotopic (exact) mass is 574 g/mol. The Balaban J connectivity index is 1.86. The van der Waals surface area contributed by atoms with Crippen LogP contribution < -0.4 is 9.04 Å². The van der Waals surface area contributed by atoms with E-state index in [1.54, 1.807) is 0 Å². The van der Waals surface area contributed by atoms with E-state index in [-0.39, 0.29) is 35.5 Å². The van der Waals surface area contributed by atoms with Crippen molar-refractivity contribution in [1.82, 2.24) is 4.90 Å². The lowest BCUT2D eigenvalue weighted by Gasteiger charge is -2.37. The van der Waals surface area contributed by atoms with Gasteiger partial charge in [0.05, 0.1) is 28.3 Å². The number of sulfonamides is 1. The average Bonchev–Trinajstić information content (AvgIpc) is 2.86. The first-order chi connectivity index (χ1) is 18.3. The zero-order valence-corrected chi connectivity index (χ0v) is 20.9. The van der Waals surface area contributed by atoms with Gasteiger partial charge in [-0.2, -0.15) is 22.0 Å². The minimum absolute atomic E-state index is 0.0244. The second kappa shape index (κ2) is 10.8. The van der Waals surface area contributed by atoms with E-state index in [0.717, 1.165) is 45.6 Å². The molecule has 1 heterocycles. The number of rotatable bonds is 8. The molecular weight excluding hydrogens is 554 g/mol. The maximum atomic E-state index is 14.2. The van der Waals surface area contributed by atoms with Crippen molar-refractivity contribution in [3.05, 3.63) is 77.6 Å². The molecule has 0 radical (unpaired) electrons. The van der Waals surface area contributed by atoms with Crippen molar-refractivity contribution in [3.8, 4) is 16.9 Å². The summed E-state index contributed by atoms with van der Waals surface area (Å²) in [5.74, 6) is -1.99. The van der Waals surface area contributed by atoms with Crippen LogP contribution in [-0.2, 0) is 20.9 Å². The summed E-state index contributed by atoms with van der Waals surface area (Å²) in [7, 11) is -3.30. The van der Waals surface area contributed by atoms with Crippen LogP contribution in [0.15, 0.2) is 65.6 Å². The third kappa shape index (κ3) is 5.96. The quantitative estimate of drug-likeness (QED) is 0.339. The van der Waals surface area contributed by atoms with Crippen LogP contribution in [0.1, 0.15) is 15.9 Å². The topological polar surface area (TPSA) is 76.2 Å². The summed E-state index contributed by atoms with van der Waals surface area (Å²) in [5, 5.41) is 0. The molecule has 3 aromatic carbocycles. The second-order valence-corrected chi connectivity index (χ2v) is 10.2. The molecule has 0 spiro atoms. The van der Waals surface area contributed by atoms with Gasteiger partial charge in [-0.15, -0.1) is 0 Å². The number of alkyl halides is 5. The molecule has 0 aliphatic carbocycles. The third-order valence-electron chi connectivity index (χ3n) is 5.83. The molecule has 208 valence electrons. The zero-order chi connectivity index (χ0) is 28.5. The highest BCUT2D eigenvalue weighted by Gasteiger charge is 2.38. The molecule has 4 rings (SSSR count). The summed E-state index contributed by atoms with van der Waals surface area (Å²) >= 11 is 0. The molecule has 1 amide bonds. The first-order valence-electron chi connectivity index (χ1n) is 11.2. The molecule has 0 saturated carbocycles. The molecule has 0 unspecified atom stereocenters. The van der Waals surface area contributed by atoms with Gasteiger partial charge in [-0.05, 0) is 53.6 Å². The molecule has 1 aliphatic heterocycles. The summed E-state index contributed by atoms with van der Waals surface area (Å²) < 4.78 is 117. The van der Waals surface area contributed by atoms with E-state index < -0.39 is 57.4 Å². The first kappa shape index (κ1) is 28.2. The lowest BCUT2D eigenvalue weighted by atomic mass is 10.0. The first-order valence-corrected chi connectivity index (χ1v) is 12.6. The molecule has 39 heavy (non-hydrogen) atoms. The Morgan fingerprint density at radius 3 is 2.41 bits per heavy atom. The van der Waals surface area contributed by atoms with Gasteiger partial charge in [-0.25, -0.2) is 17.1 Å². The van der Waals surface area contributed by atoms with Gasteiger partial charge < -0.3 is 14.4 Å². The molecule has 1 aliphatic rings. The van der Waals surface area contributed by atoms with Crippen molar-refractivity contribution in [1.29, 1.82) is 0 Å². The molecule has 0 aromatic heterocycles. The Labute approximate surface area is 219 Å². The average molecular weight is 574 g/mol. The van der Waals surface area contributed by atoms with Gasteiger partial charge in [-0.3, -0.25) is 4.79 Å². The van der Waals surface area contributed by atoms with Crippen LogP contribution in [0.25, 0.3) is 11.1 Å². The number of methoxy groups -OCH3 is 1. The highest BCUT2D eigenvalue weighted by atomic mass is 32.2. The lowest BCUT2D eigenvalue weighted by molar-refractivity contribution is -0.137. The maximum absolute atomic E-state index is 14.2. The fraction of sp³-hybridized carbons (Fsp3) is 0.240. The van der Waals surface area contributed by atoms with Crippen LogP contribution >= 0.6 is 0 Å². The van der Waals surface area contributed by atoms with E-state index in [9.17, 15) is 39.6 Å². The molecule has 0 atom stereocenters. The summed E-state index contributed by atoms with van der Waals surface area (Å²) in [6.45, 7) is -3.76. The Morgan fingerprint density at radius 1 is 1.00 bits per heavy atom. The Bertz CT molecular complexity index is 1500. The Morgan fingerprint density at radius 2 is 1.74 bits per heavy atom. The number of amides is 1. The summed E-state index contributed by atoms with van der Waals surface area (Å²) in [6, 6.07) is 9.79. The summed E-state index contributed by atoms with van der Waals surface area (Å²) in [6.07, 6.45) is -4.81. The molecule has 0 fully saturated rings. The van der Waals surface area contributed by atoms with Gasteiger partial charge in [0.15, 0.2) is 0 Å². The maximum Gasteiger partial charge on any atom is 0.416 e. The van der Waals surface area contributed by atoms with E-state index in [1.807, 2.05) is 0 Å². The standard InChI is InChI=1S/C25H20F6N2O5S/c1-37-8-7-32-14-33(39(35,36)20-4-2-3-17(12-20)25(29,30)31)22-11-15(5-6-21(22)23(32)34)16-9-18(26)13-19(10-16)38-24(27)28/h2-6,9-13,24H,7-8,14H2,1H3. The van der Waals surface area contributed by atoms with Crippen molar-refractivity contribution in [2.45, 2.75) is 17.7 Å². The number of fused-ring (bicyclic) bond motifs is 1. The van der Waals surface area contributed by atoms with E-state index in [4.69, 9.17) is 4.74 Å². The molecule has 0 N–H and O–H groups in total. The van der Waals surface area contributed by atoms with E-state index in [0.29, 0.717) is 6.07 Å². The lowest BCUT2D eigenvalue weighted by Crippen LogP contribution is -2.50. The zero-order valence-electron chi connectivity index (χ0n) is 20.1. The van der Waals surface area contributed by atoms with Gasteiger partial charge in [-0.1, -0.05) is 12.1 Å². The highest BCUT2D eigenvalue weighted by molar-refractivity contribution is 7.92. The largest absolute Gasteiger partial charge is 0.435 e. The van der Waals surface area contributed by atoms with E-state index in [2.05, 4.69) is 4.74 Å². The Kier molecular flexibility index (Phi) is 7.80. The number of nitrogens with zero attached hydrogens (tertiary/aromatic N) is 2. The van der Waals surface area contributed by atoms with Crippen LogP contribution in [-0.4, -0.2) is 52.8 Å². The van der Waals surface area contributed by atoms with Gasteiger partial charge in [0, 0.05) is 19.7 Å². The van der Waals surface area contributed by atoms with E-state index >= 15 is 0 Å². The minimum atomic E-state index is -4.81. The van der Waals surface area contributed by atoms with Crippen LogP contribution in [0.4, 0.5) is 32.0 Å². The SMILES string of the molecule is COCCN1CN(S(=O)(=O)c2cccc(C(F)(F)F)c2)c2cc(-c3cc(F)cc(OC(F)F)c3)ccc2C1=O. The summed E-state index contributed by atoms with van der Waals surface area (Å²) in [4.78, 5) is 13.6. The fourth-order valence-corrected chi connectivity index (χ4v) is 5.49. The third-order valence-corrected chi connectivity index (χ3v) is 7.57. The second-order valence-electron chi connectivity index (χ2n) is 8.37. The van der Waals surface area contributed by atoms with Crippen LogP contribution in [0.5, 0.6) is 5.75 Å². The van der Waals surface area contributed by atoms with Crippen LogP contribution in [0.2, 0.25) is 0 Å². The van der Waals surface area contributed by atoms with Crippen molar-refractivity contribution in [2.75, 3.05) is 31.2 Å². The number of benzene rings is 3. The van der Waals surface area contributed by atoms with Crippen LogP contribution in [0.3, 0.4) is 0 Å². The van der Waals surface area contributed by atoms with Crippen molar-refractivity contribution in [2.24, 2.45) is 0 Å². The van der Waals surface area contributed by atoms with Gasteiger partial charge in [0.2, 0.25) is 0 Å². The minimum Gasteiger partial charge on any atom is -0.435 e. The number of carbonyl (C=O) groups excluding carboxylic acids is 1. The number of hydrogen-bond donors (Lipinski definition) is 0. The van der Waals surface area contributed by atoms with Crippen molar-refractivity contribution >= 4 is 21.6 Å². The van der Waals surface area contributed by atoms with Gasteiger partial charge in [0.1, 0.15) is 18.2 Å². The van der Waals surface area contributed by atoms with Gasteiger partial charge in [0.25, 0.3) is 15.9 Å². The fourth-order valence-electron chi connectivity index (χ4n) is 4.00. The molecule has 14 heteroatoms. The smallest absolute Gasteiger partial charge is 0.416 e. The van der Waals surface area contributed by atoms with Gasteiger partial charge >= 0.3 is 12.8 Å². The van der Waals surface area contributed by atoms with Crippen molar-refractivity contribution in [3.63, 3.8) is 0 Å². The number of anilines is 1. The highest BCUT2D eigenvalue weighted by Crippen LogP contribution is 2.38. The molecule has 0 saturated heterocycles. The molecule has 7 nitrogen and oxygen atoms in total. The Hall–Kier alpha value is -3.78. The molecule has 3 aromatic rings. The number of carbonyl (C=O) groups is 1. The number of halogens is 6. The van der Waals surface area contributed by atoms with Crippen molar-refractivity contribution < 1.29 is 49.0 Å². The summed E-state index contributed by atoms with van der Waals surface area (Å²) in [5.41, 5.74) is -1.32. The number of hydrogen-bond acceptors (Lipinski definition) is 5. The molecular formula is C25H20F6N2O5S. The molecule has 0 bridgehead atoms. The van der Waals surface area contributed by atoms with Crippen LogP contribution in [0, 0.1) is 5.82 Å². The number of ether oxygens (including phenoxy) is 2. The normalized spacial score (nSPS) is 14.1.